The van der Waals surface area contributed by atoms with E-state index in [1.54, 1.807) is 6.08 Å². The molecule has 0 spiro atoms. The Hall–Kier alpha value is -4.38. The number of amides is 1. The molecule has 0 aliphatic heterocycles. The quantitative estimate of drug-likeness (QED) is 0.286. The highest BCUT2D eigenvalue weighted by Gasteiger charge is 2.13. The summed E-state index contributed by atoms with van der Waals surface area (Å²) in [5.74, 6) is 1.64. The Balaban J connectivity index is 1.34. The van der Waals surface area contributed by atoms with E-state index in [1.807, 2.05) is 87.5 Å². The maximum Gasteiger partial charge on any atom is 0.248 e. The van der Waals surface area contributed by atoms with Crippen LogP contribution < -0.4 is 5.32 Å². The summed E-state index contributed by atoms with van der Waals surface area (Å²) in [5.41, 5.74) is 7.23. The first kappa shape index (κ1) is 21.5. The summed E-state index contributed by atoms with van der Waals surface area (Å²) in [7, 11) is 0. The van der Waals surface area contributed by atoms with Gasteiger partial charge in [0.25, 0.3) is 0 Å². The van der Waals surface area contributed by atoms with Crippen molar-refractivity contribution in [2.75, 3.05) is 5.32 Å². The number of anilines is 1. The van der Waals surface area contributed by atoms with Crippen molar-refractivity contribution in [1.82, 2.24) is 4.98 Å². The lowest BCUT2D eigenvalue weighted by Crippen LogP contribution is -2.09. The van der Waals surface area contributed by atoms with Crippen molar-refractivity contribution in [2.24, 2.45) is 0 Å². The molecule has 3 aromatic carbocycles. The highest BCUT2D eigenvalue weighted by Crippen LogP contribution is 2.30. The number of carbonyl (C=O) groups excluding carboxylic acids is 1. The minimum absolute atomic E-state index is 0.248. The summed E-state index contributed by atoms with van der Waals surface area (Å²) < 4.78 is 11.9. The molecule has 0 atom stereocenters. The van der Waals surface area contributed by atoms with Gasteiger partial charge < -0.3 is 14.2 Å². The Labute approximate surface area is 197 Å². The lowest BCUT2D eigenvalue weighted by Gasteiger charge is -2.08. The third kappa shape index (κ3) is 4.41. The van der Waals surface area contributed by atoms with Gasteiger partial charge in [-0.2, -0.15) is 0 Å². The second-order valence-corrected chi connectivity index (χ2v) is 8.37. The molecule has 1 amide bonds. The molecular weight excluding hydrogens is 424 g/mol. The van der Waals surface area contributed by atoms with E-state index in [9.17, 15) is 4.79 Å². The Morgan fingerprint density at radius 1 is 0.853 bits per heavy atom. The van der Waals surface area contributed by atoms with Crippen molar-refractivity contribution < 1.29 is 13.6 Å². The molecule has 0 aliphatic carbocycles. The molecule has 2 aromatic heterocycles. The maximum atomic E-state index is 12.6. The Kier molecular flexibility index (Phi) is 5.60. The minimum atomic E-state index is -0.248. The average molecular weight is 449 g/mol. The zero-order valence-corrected chi connectivity index (χ0v) is 19.3. The van der Waals surface area contributed by atoms with Gasteiger partial charge in [-0.1, -0.05) is 42.5 Å². The monoisotopic (exact) mass is 448 g/mol. The van der Waals surface area contributed by atoms with Crippen LogP contribution in [0.15, 0.2) is 87.7 Å². The van der Waals surface area contributed by atoms with Gasteiger partial charge in [0.05, 0.1) is 0 Å². The van der Waals surface area contributed by atoms with Gasteiger partial charge in [-0.25, -0.2) is 4.98 Å². The number of oxazole rings is 1. The third-order valence-electron chi connectivity index (χ3n) is 5.65. The van der Waals surface area contributed by atoms with Crippen LogP contribution in [0.3, 0.4) is 0 Å². The average Bonchev–Trinajstić information content (AvgIpc) is 3.47. The lowest BCUT2D eigenvalue weighted by molar-refractivity contribution is -0.111. The van der Waals surface area contributed by atoms with E-state index in [-0.39, 0.29) is 5.91 Å². The van der Waals surface area contributed by atoms with E-state index in [2.05, 4.69) is 16.4 Å². The van der Waals surface area contributed by atoms with Gasteiger partial charge in [0.1, 0.15) is 17.0 Å². The SMILES string of the molecule is Cc1cc(C)c2oc(-c3ccc(C)c(NC(=O)C=Cc4ccc(-c5ccccc5)o4)c3)nc2c1. The van der Waals surface area contributed by atoms with Gasteiger partial charge in [0.15, 0.2) is 5.58 Å². The Morgan fingerprint density at radius 3 is 2.50 bits per heavy atom. The van der Waals surface area contributed by atoms with E-state index in [0.29, 0.717) is 17.3 Å². The zero-order chi connectivity index (χ0) is 23.7. The fourth-order valence-corrected chi connectivity index (χ4v) is 3.92. The van der Waals surface area contributed by atoms with Crippen LogP contribution in [0.5, 0.6) is 0 Å². The van der Waals surface area contributed by atoms with Gasteiger partial charge in [0, 0.05) is 22.9 Å². The smallest absolute Gasteiger partial charge is 0.248 e. The maximum absolute atomic E-state index is 12.6. The van der Waals surface area contributed by atoms with Crippen molar-refractivity contribution in [3.63, 3.8) is 0 Å². The topological polar surface area (TPSA) is 68.3 Å². The molecule has 0 fully saturated rings. The number of fused-ring (bicyclic) bond motifs is 1. The van der Waals surface area contributed by atoms with Crippen molar-refractivity contribution in [3.05, 3.63) is 101 Å². The van der Waals surface area contributed by atoms with Crippen LogP contribution in [-0.4, -0.2) is 10.9 Å². The largest absolute Gasteiger partial charge is 0.457 e. The van der Waals surface area contributed by atoms with Crippen molar-refractivity contribution in [3.8, 4) is 22.8 Å². The molecule has 0 aliphatic rings. The minimum Gasteiger partial charge on any atom is -0.457 e. The summed E-state index contributed by atoms with van der Waals surface area (Å²) in [6, 6.07) is 23.4. The lowest BCUT2D eigenvalue weighted by atomic mass is 10.1. The molecule has 1 N–H and O–H groups in total. The highest BCUT2D eigenvalue weighted by atomic mass is 16.3. The van der Waals surface area contributed by atoms with E-state index in [0.717, 1.165) is 44.7 Å². The van der Waals surface area contributed by atoms with Crippen molar-refractivity contribution >= 4 is 28.8 Å². The van der Waals surface area contributed by atoms with Gasteiger partial charge >= 0.3 is 0 Å². The van der Waals surface area contributed by atoms with Crippen LogP contribution in [0.4, 0.5) is 5.69 Å². The molecule has 5 aromatic rings. The number of hydrogen-bond acceptors (Lipinski definition) is 4. The zero-order valence-electron chi connectivity index (χ0n) is 19.3. The van der Waals surface area contributed by atoms with E-state index >= 15 is 0 Å². The molecule has 0 saturated carbocycles. The molecule has 0 unspecified atom stereocenters. The summed E-state index contributed by atoms with van der Waals surface area (Å²) in [4.78, 5) is 17.3. The molecule has 2 heterocycles. The molecule has 5 heteroatoms. The van der Waals surface area contributed by atoms with Crippen LogP contribution >= 0.6 is 0 Å². The second-order valence-electron chi connectivity index (χ2n) is 8.37. The molecular formula is C29H24N2O3. The van der Waals surface area contributed by atoms with Gasteiger partial charge in [-0.05, 0) is 73.9 Å². The molecule has 0 bridgehead atoms. The van der Waals surface area contributed by atoms with E-state index in [4.69, 9.17) is 8.83 Å². The molecule has 5 nitrogen and oxygen atoms in total. The molecule has 0 saturated heterocycles. The van der Waals surface area contributed by atoms with Crippen LogP contribution in [0.1, 0.15) is 22.5 Å². The predicted molar refractivity (Wildman–Crippen MR) is 135 cm³/mol. The van der Waals surface area contributed by atoms with Gasteiger partial charge in [-0.3, -0.25) is 4.79 Å². The number of rotatable bonds is 5. The number of benzene rings is 3. The number of aromatic nitrogens is 1. The van der Waals surface area contributed by atoms with Gasteiger partial charge in [0.2, 0.25) is 11.8 Å². The summed E-state index contributed by atoms with van der Waals surface area (Å²) >= 11 is 0. The summed E-state index contributed by atoms with van der Waals surface area (Å²) in [5, 5.41) is 2.95. The summed E-state index contributed by atoms with van der Waals surface area (Å²) in [6.07, 6.45) is 3.12. The Morgan fingerprint density at radius 2 is 1.68 bits per heavy atom. The van der Waals surface area contributed by atoms with E-state index in [1.165, 1.54) is 6.08 Å². The van der Waals surface area contributed by atoms with Crippen LogP contribution in [0, 0.1) is 20.8 Å². The Bertz CT molecular complexity index is 1520. The van der Waals surface area contributed by atoms with E-state index < -0.39 is 0 Å². The van der Waals surface area contributed by atoms with Crippen LogP contribution in [-0.2, 0) is 4.79 Å². The number of nitrogens with zero attached hydrogens (tertiary/aromatic N) is 1. The highest BCUT2D eigenvalue weighted by molar-refractivity contribution is 6.02. The van der Waals surface area contributed by atoms with Gasteiger partial charge in [-0.15, -0.1) is 0 Å². The summed E-state index contributed by atoms with van der Waals surface area (Å²) in [6.45, 7) is 6.00. The van der Waals surface area contributed by atoms with Crippen molar-refractivity contribution in [2.45, 2.75) is 20.8 Å². The van der Waals surface area contributed by atoms with Crippen molar-refractivity contribution in [1.29, 1.82) is 0 Å². The number of nitrogens with one attached hydrogen (secondary N) is 1. The first-order valence-electron chi connectivity index (χ1n) is 11.1. The molecule has 168 valence electrons. The third-order valence-corrected chi connectivity index (χ3v) is 5.65. The number of carbonyl (C=O) groups is 1. The van der Waals surface area contributed by atoms with Crippen LogP contribution in [0.2, 0.25) is 0 Å². The molecule has 0 radical (unpaired) electrons. The predicted octanol–water partition coefficient (Wildman–Crippen LogP) is 7.33. The normalized spacial score (nSPS) is 11.4. The second kappa shape index (κ2) is 8.87. The standard InChI is InChI=1S/C29H24N2O3/c1-18-15-20(3)28-25(16-18)31-29(34-28)22-10-9-19(2)24(17-22)30-27(32)14-12-23-11-13-26(33-23)21-7-5-4-6-8-21/h4-17H,1-3H3,(H,30,32). The number of furan rings is 1. The molecule has 5 rings (SSSR count). The number of hydrogen-bond donors (Lipinski definition) is 1. The molecule has 34 heavy (non-hydrogen) atoms. The first-order chi connectivity index (χ1) is 16.5. The first-order valence-corrected chi connectivity index (χ1v) is 11.1. The fraction of sp³-hybridized carbons (Fsp3) is 0.103. The van der Waals surface area contributed by atoms with Crippen LogP contribution in [0.25, 0.3) is 40.0 Å². The fourth-order valence-electron chi connectivity index (χ4n) is 3.92. The number of aryl methyl sites for hydroxylation is 3.